The third-order valence-electron chi connectivity index (χ3n) is 5.49. The van der Waals surface area contributed by atoms with Gasteiger partial charge < -0.3 is 13.9 Å². The highest BCUT2D eigenvalue weighted by Gasteiger charge is 2.41. The van der Waals surface area contributed by atoms with Crippen molar-refractivity contribution >= 4 is 17.3 Å². The van der Waals surface area contributed by atoms with Crippen LogP contribution in [0.1, 0.15) is 55.3 Å². The van der Waals surface area contributed by atoms with Crippen LogP contribution >= 0.6 is 11.6 Å². The average Bonchev–Trinajstić information content (AvgIpc) is 3.44. The molecule has 0 unspecified atom stereocenters. The number of furan rings is 1. The lowest BCUT2D eigenvalue weighted by molar-refractivity contribution is -0.0190. The summed E-state index contributed by atoms with van der Waals surface area (Å²) in [7, 11) is 0. The maximum atomic E-state index is 6.38. The van der Waals surface area contributed by atoms with Crippen LogP contribution in [0.25, 0.3) is 0 Å². The Hall–Kier alpha value is -2.92. The van der Waals surface area contributed by atoms with Crippen LogP contribution in [0.4, 0.5) is 0 Å². The lowest BCUT2D eigenvalue weighted by atomic mass is 9.97. The Labute approximate surface area is 180 Å². The summed E-state index contributed by atoms with van der Waals surface area (Å²) < 4.78 is 17.8. The molecule has 1 aromatic heterocycles. The molecule has 2 aliphatic heterocycles. The summed E-state index contributed by atoms with van der Waals surface area (Å²) in [5.74, 6) is 2.49. The summed E-state index contributed by atoms with van der Waals surface area (Å²) in [6.07, 6.45) is 4.24. The molecule has 0 radical (unpaired) electrons. The van der Waals surface area contributed by atoms with Crippen LogP contribution < -0.4 is 9.47 Å². The second-order valence-electron chi connectivity index (χ2n) is 7.55. The van der Waals surface area contributed by atoms with Gasteiger partial charge in [0.2, 0.25) is 6.23 Å². The van der Waals surface area contributed by atoms with Gasteiger partial charge in [-0.1, -0.05) is 24.9 Å². The van der Waals surface area contributed by atoms with Crippen LogP contribution in [0.15, 0.2) is 70.4 Å². The first kappa shape index (κ1) is 19.1. The highest BCUT2D eigenvalue weighted by atomic mass is 35.5. The Kier molecular flexibility index (Phi) is 5.13. The minimum atomic E-state index is -0.333. The largest absolute Gasteiger partial charge is 0.494 e. The smallest absolute Gasteiger partial charge is 0.213 e. The van der Waals surface area contributed by atoms with Crippen LogP contribution in [0.5, 0.6) is 11.5 Å². The first-order chi connectivity index (χ1) is 14.7. The van der Waals surface area contributed by atoms with E-state index in [1.807, 2.05) is 59.6 Å². The molecule has 0 aliphatic carbocycles. The SMILES string of the molecule is CCCCOc1ccc([C@@H]2Oc3ccc(Cl)cc3[C@H]3CC(c4ccco4)=NN32)cc1. The van der Waals surface area contributed by atoms with Crippen LogP contribution in [0.2, 0.25) is 5.02 Å². The molecule has 0 saturated heterocycles. The van der Waals surface area contributed by atoms with E-state index in [1.165, 1.54) is 0 Å². The van der Waals surface area contributed by atoms with Gasteiger partial charge in [0.25, 0.3) is 0 Å². The fourth-order valence-corrected chi connectivity index (χ4v) is 4.11. The van der Waals surface area contributed by atoms with Crippen molar-refractivity contribution in [3.05, 3.63) is 82.8 Å². The molecule has 0 spiro atoms. The number of hydrogen-bond acceptors (Lipinski definition) is 5. The van der Waals surface area contributed by atoms with Crippen molar-refractivity contribution in [2.24, 2.45) is 5.10 Å². The second kappa shape index (κ2) is 8.07. The zero-order valence-corrected chi connectivity index (χ0v) is 17.5. The molecule has 0 saturated carbocycles. The number of unbranched alkanes of at least 4 members (excludes halogenated alkanes) is 1. The summed E-state index contributed by atoms with van der Waals surface area (Å²) in [4.78, 5) is 0. The Balaban J connectivity index is 1.47. The standard InChI is InChI=1S/C24H23ClN2O3/c1-2-3-12-28-18-9-6-16(7-10-18)24-27-21(15-20(26-27)23-5-4-13-29-23)19-14-17(25)8-11-22(19)30-24/h4-11,13-14,21,24H,2-3,12,15H2,1H3/t21-,24+/m1/s1. The maximum Gasteiger partial charge on any atom is 0.213 e. The Bertz CT molecular complexity index is 1050. The fraction of sp³-hybridized carbons (Fsp3) is 0.292. The van der Waals surface area contributed by atoms with Gasteiger partial charge >= 0.3 is 0 Å². The molecule has 2 aliphatic rings. The molecule has 0 amide bonds. The van der Waals surface area contributed by atoms with Crippen molar-refractivity contribution in [2.45, 2.75) is 38.5 Å². The van der Waals surface area contributed by atoms with Gasteiger partial charge in [0.1, 0.15) is 23.0 Å². The zero-order valence-electron chi connectivity index (χ0n) is 16.8. The van der Waals surface area contributed by atoms with Crippen LogP contribution in [-0.2, 0) is 0 Å². The Morgan fingerprint density at radius 1 is 1.17 bits per heavy atom. The van der Waals surface area contributed by atoms with Gasteiger partial charge in [0.05, 0.1) is 18.9 Å². The van der Waals surface area contributed by atoms with Crippen molar-refractivity contribution < 1.29 is 13.9 Å². The first-order valence-electron chi connectivity index (χ1n) is 10.3. The van der Waals surface area contributed by atoms with Crippen molar-refractivity contribution in [3.8, 4) is 11.5 Å². The summed E-state index contributed by atoms with van der Waals surface area (Å²) in [6, 6.07) is 17.7. The van der Waals surface area contributed by atoms with Gasteiger partial charge in [-0.15, -0.1) is 0 Å². The van der Waals surface area contributed by atoms with E-state index in [0.29, 0.717) is 5.02 Å². The molecule has 0 fully saturated rings. The number of halogens is 1. The molecular formula is C24H23ClN2O3. The van der Waals surface area contributed by atoms with Gasteiger partial charge in [-0.3, -0.25) is 0 Å². The number of rotatable bonds is 6. The van der Waals surface area contributed by atoms with E-state index >= 15 is 0 Å². The summed E-state index contributed by atoms with van der Waals surface area (Å²) in [6.45, 7) is 2.89. The van der Waals surface area contributed by atoms with Gasteiger partial charge in [0, 0.05) is 22.6 Å². The molecule has 2 aromatic carbocycles. The highest BCUT2D eigenvalue weighted by Crippen LogP contribution is 2.48. The molecule has 3 heterocycles. The normalized spacial score (nSPS) is 19.7. The quantitative estimate of drug-likeness (QED) is 0.434. The van der Waals surface area contributed by atoms with Gasteiger partial charge in [0.15, 0.2) is 0 Å². The van der Waals surface area contributed by atoms with E-state index < -0.39 is 0 Å². The van der Waals surface area contributed by atoms with Crippen molar-refractivity contribution in [1.82, 2.24) is 5.01 Å². The predicted molar refractivity (Wildman–Crippen MR) is 116 cm³/mol. The monoisotopic (exact) mass is 422 g/mol. The van der Waals surface area contributed by atoms with Crippen molar-refractivity contribution in [2.75, 3.05) is 6.61 Å². The molecule has 154 valence electrons. The van der Waals surface area contributed by atoms with Crippen LogP contribution in [0, 0.1) is 0 Å². The van der Waals surface area contributed by atoms with Crippen LogP contribution in [-0.4, -0.2) is 17.3 Å². The molecule has 3 aromatic rings. The van der Waals surface area contributed by atoms with E-state index in [4.69, 9.17) is 30.6 Å². The third kappa shape index (κ3) is 3.54. The number of ether oxygens (including phenoxy) is 2. The number of hydrazone groups is 1. The maximum absolute atomic E-state index is 6.38. The first-order valence-corrected chi connectivity index (χ1v) is 10.7. The van der Waals surface area contributed by atoms with E-state index in [1.54, 1.807) is 6.26 Å². The minimum absolute atomic E-state index is 0.0398. The van der Waals surface area contributed by atoms with Gasteiger partial charge in [-0.2, -0.15) is 5.10 Å². The zero-order chi connectivity index (χ0) is 20.5. The van der Waals surface area contributed by atoms with Gasteiger partial charge in [-0.05, 0) is 61.0 Å². The van der Waals surface area contributed by atoms with E-state index in [2.05, 4.69) is 6.92 Å². The molecule has 0 N–H and O–H groups in total. The molecule has 5 rings (SSSR count). The molecule has 0 bridgehead atoms. The minimum Gasteiger partial charge on any atom is -0.494 e. The predicted octanol–water partition coefficient (Wildman–Crippen LogP) is 6.35. The Morgan fingerprint density at radius 3 is 2.80 bits per heavy atom. The highest BCUT2D eigenvalue weighted by molar-refractivity contribution is 6.30. The summed E-state index contributed by atoms with van der Waals surface area (Å²) in [5.41, 5.74) is 2.97. The van der Waals surface area contributed by atoms with Crippen molar-refractivity contribution in [3.63, 3.8) is 0 Å². The fourth-order valence-electron chi connectivity index (χ4n) is 3.93. The molecular weight excluding hydrogens is 400 g/mol. The van der Waals surface area contributed by atoms with E-state index in [9.17, 15) is 0 Å². The topological polar surface area (TPSA) is 47.2 Å². The van der Waals surface area contributed by atoms with Crippen molar-refractivity contribution in [1.29, 1.82) is 0 Å². The number of benzene rings is 2. The number of fused-ring (bicyclic) bond motifs is 3. The lowest BCUT2D eigenvalue weighted by Gasteiger charge is -2.38. The number of hydrogen-bond donors (Lipinski definition) is 0. The summed E-state index contributed by atoms with van der Waals surface area (Å²) >= 11 is 6.28. The van der Waals surface area contributed by atoms with E-state index in [-0.39, 0.29) is 12.3 Å². The molecule has 6 heteroatoms. The van der Waals surface area contributed by atoms with Crippen LogP contribution in [0.3, 0.4) is 0 Å². The van der Waals surface area contributed by atoms with Gasteiger partial charge in [-0.25, -0.2) is 5.01 Å². The average molecular weight is 423 g/mol. The second-order valence-corrected chi connectivity index (χ2v) is 7.98. The molecule has 2 atom stereocenters. The number of nitrogens with zero attached hydrogens (tertiary/aromatic N) is 2. The molecule has 30 heavy (non-hydrogen) atoms. The summed E-state index contributed by atoms with van der Waals surface area (Å²) in [5, 5.41) is 7.59. The Morgan fingerprint density at radius 2 is 2.03 bits per heavy atom. The third-order valence-corrected chi connectivity index (χ3v) is 5.72. The lowest BCUT2D eigenvalue weighted by Crippen LogP contribution is -2.33. The molecule has 5 nitrogen and oxygen atoms in total. The van der Waals surface area contributed by atoms with E-state index in [0.717, 1.165) is 60.0 Å².